The minimum Gasteiger partial charge on any atom is -0.397 e. The molecule has 3 heterocycles. The van der Waals surface area contributed by atoms with Gasteiger partial charge >= 0.3 is 0 Å². The summed E-state index contributed by atoms with van der Waals surface area (Å²) >= 11 is 0. The number of hydrogen-bond acceptors (Lipinski definition) is 5. The summed E-state index contributed by atoms with van der Waals surface area (Å²) in [5, 5.41) is 10.6. The molecule has 7 nitrogen and oxygen atoms in total. The molecule has 25 heavy (non-hydrogen) atoms. The average molecular weight is 330 g/mol. The van der Waals surface area contributed by atoms with Crippen LogP contribution in [0.5, 0.6) is 0 Å². The van der Waals surface area contributed by atoms with E-state index in [2.05, 4.69) is 25.5 Å². The van der Waals surface area contributed by atoms with Crippen LogP contribution in [0.4, 0.5) is 11.4 Å². The topological polar surface area (TPSA) is 110 Å². The minimum atomic E-state index is -0.291. The highest BCUT2D eigenvalue weighted by Gasteiger charge is 2.15. The van der Waals surface area contributed by atoms with Crippen LogP contribution in [0.3, 0.4) is 0 Å². The molecule has 4 aromatic rings. The molecule has 0 bridgehead atoms. The fraction of sp³-hybridized carbons (Fsp3) is 0. The molecule has 0 saturated heterocycles. The van der Waals surface area contributed by atoms with Crippen molar-refractivity contribution < 1.29 is 4.79 Å². The van der Waals surface area contributed by atoms with Crippen LogP contribution in [0.25, 0.3) is 22.0 Å². The van der Waals surface area contributed by atoms with Gasteiger partial charge in [0.2, 0.25) is 0 Å². The van der Waals surface area contributed by atoms with E-state index in [1.165, 1.54) is 0 Å². The zero-order valence-electron chi connectivity index (χ0n) is 13.1. The van der Waals surface area contributed by atoms with Crippen molar-refractivity contribution in [1.82, 2.24) is 20.2 Å². The fourth-order valence-electron chi connectivity index (χ4n) is 2.61. The first-order valence-corrected chi connectivity index (χ1v) is 7.61. The fourth-order valence-corrected chi connectivity index (χ4v) is 2.61. The smallest absolute Gasteiger partial charge is 0.276 e. The van der Waals surface area contributed by atoms with Crippen LogP contribution in [-0.2, 0) is 0 Å². The predicted octanol–water partition coefficient (Wildman–Crippen LogP) is 2.85. The van der Waals surface area contributed by atoms with Crippen molar-refractivity contribution in [3.05, 3.63) is 66.9 Å². The normalized spacial score (nSPS) is 10.7. The summed E-state index contributed by atoms with van der Waals surface area (Å²) in [6.07, 6.45) is 6.55. The number of H-pyrrole nitrogens is 1. The van der Waals surface area contributed by atoms with E-state index in [9.17, 15) is 4.79 Å². The highest BCUT2D eigenvalue weighted by atomic mass is 16.1. The number of pyridine rings is 2. The van der Waals surface area contributed by atoms with Crippen molar-refractivity contribution in [2.45, 2.75) is 0 Å². The second-order valence-corrected chi connectivity index (χ2v) is 5.53. The molecule has 0 saturated carbocycles. The van der Waals surface area contributed by atoms with Crippen molar-refractivity contribution in [3.63, 3.8) is 0 Å². The third-order valence-corrected chi connectivity index (χ3v) is 3.81. The number of aromatic amines is 1. The van der Waals surface area contributed by atoms with Crippen molar-refractivity contribution >= 4 is 28.2 Å². The van der Waals surface area contributed by atoms with Crippen LogP contribution in [-0.4, -0.2) is 26.1 Å². The van der Waals surface area contributed by atoms with Crippen molar-refractivity contribution in [2.24, 2.45) is 0 Å². The third-order valence-electron chi connectivity index (χ3n) is 3.81. The van der Waals surface area contributed by atoms with Crippen LogP contribution in [0.2, 0.25) is 0 Å². The number of aromatic nitrogens is 4. The predicted molar refractivity (Wildman–Crippen MR) is 95.9 cm³/mol. The van der Waals surface area contributed by atoms with Gasteiger partial charge < -0.3 is 11.1 Å². The number of carbonyl (C=O) groups is 1. The first-order chi connectivity index (χ1) is 12.2. The number of benzene rings is 1. The number of hydrogen-bond donors (Lipinski definition) is 3. The lowest BCUT2D eigenvalue weighted by Gasteiger charge is -2.04. The van der Waals surface area contributed by atoms with E-state index in [0.717, 1.165) is 22.0 Å². The second kappa shape index (κ2) is 6.04. The Morgan fingerprint density at radius 2 is 1.84 bits per heavy atom. The summed E-state index contributed by atoms with van der Waals surface area (Å²) < 4.78 is 0. The Hall–Kier alpha value is -3.74. The number of anilines is 2. The standard InChI is InChI=1S/C18H14N6O/c19-13-7-12(9-21-10-13)11-1-2-16-15(8-11)17(24-23-16)18(25)22-14-3-5-20-6-4-14/h1-10H,19H2,(H,23,24)(H,20,22,25). The second-order valence-electron chi connectivity index (χ2n) is 5.53. The molecule has 0 aliphatic rings. The van der Waals surface area contributed by atoms with E-state index in [1.807, 2.05) is 24.3 Å². The average Bonchev–Trinajstić information content (AvgIpc) is 3.06. The van der Waals surface area contributed by atoms with Crippen molar-refractivity contribution in [2.75, 3.05) is 11.1 Å². The van der Waals surface area contributed by atoms with Gasteiger partial charge in [0, 0.05) is 41.4 Å². The molecular weight excluding hydrogens is 316 g/mol. The molecule has 7 heteroatoms. The molecule has 3 aromatic heterocycles. The highest BCUT2D eigenvalue weighted by Crippen LogP contribution is 2.26. The monoisotopic (exact) mass is 330 g/mol. The number of fused-ring (bicyclic) bond motifs is 1. The van der Waals surface area contributed by atoms with Crippen LogP contribution >= 0.6 is 0 Å². The number of carbonyl (C=O) groups excluding carboxylic acids is 1. The number of rotatable bonds is 3. The molecular formula is C18H14N6O. The van der Waals surface area contributed by atoms with Gasteiger partial charge in [-0.2, -0.15) is 5.10 Å². The maximum Gasteiger partial charge on any atom is 0.276 e. The molecule has 4 N–H and O–H groups in total. The molecule has 0 atom stereocenters. The quantitative estimate of drug-likeness (QED) is 0.535. The zero-order chi connectivity index (χ0) is 17.2. The largest absolute Gasteiger partial charge is 0.397 e. The van der Waals surface area contributed by atoms with E-state index in [1.54, 1.807) is 36.9 Å². The molecule has 122 valence electrons. The Kier molecular flexibility index (Phi) is 3.59. The minimum absolute atomic E-state index is 0.291. The van der Waals surface area contributed by atoms with E-state index < -0.39 is 0 Å². The lowest BCUT2D eigenvalue weighted by atomic mass is 10.0. The first kappa shape index (κ1) is 14.8. The van der Waals surface area contributed by atoms with Gasteiger partial charge in [-0.15, -0.1) is 0 Å². The molecule has 0 radical (unpaired) electrons. The van der Waals surface area contributed by atoms with Gasteiger partial charge in [-0.05, 0) is 35.9 Å². The van der Waals surface area contributed by atoms with Gasteiger partial charge in [0.1, 0.15) is 0 Å². The Balaban J connectivity index is 1.73. The van der Waals surface area contributed by atoms with Crippen molar-refractivity contribution in [1.29, 1.82) is 0 Å². The molecule has 4 rings (SSSR count). The van der Waals surface area contributed by atoms with Crippen LogP contribution in [0, 0.1) is 0 Å². The van der Waals surface area contributed by atoms with Gasteiger partial charge in [0.25, 0.3) is 5.91 Å². The number of amides is 1. The van der Waals surface area contributed by atoms with Crippen molar-refractivity contribution in [3.8, 4) is 11.1 Å². The van der Waals surface area contributed by atoms with Gasteiger partial charge in [-0.1, -0.05) is 6.07 Å². The summed E-state index contributed by atoms with van der Waals surface area (Å²) in [5.74, 6) is -0.291. The summed E-state index contributed by atoms with van der Waals surface area (Å²) in [6.45, 7) is 0. The molecule has 0 fully saturated rings. The lowest BCUT2D eigenvalue weighted by molar-refractivity contribution is 0.102. The Bertz CT molecular complexity index is 1060. The van der Waals surface area contributed by atoms with Gasteiger partial charge in [-0.25, -0.2) is 0 Å². The highest BCUT2D eigenvalue weighted by molar-refractivity contribution is 6.11. The summed E-state index contributed by atoms with van der Waals surface area (Å²) in [5.41, 5.74) is 9.94. The molecule has 0 unspecified atom stereocenters. The molecule has 0 aliphatic carbocycles. The number of nitrogen functional groups attached to an aromatic ring is 1. The van der Waals surface area contributed by atoms with Crippen LogP contribution < -0.4 is 11.1 Å². The van der Waals surface area contributed by atoms with Crippen LogP contribution in [0.15, 0.2) is 61.2 Å². The van der Waals surface area contributed by atoms with E-state index in [0.29, 0.717) is 17.1 Å². The van der Waals surface area contributed by atoms with E-state index >= 15 is 0 Å². The maximum atomic E-state index is 12.5. The number of nitrogens with two attached hydrogens (primary N) is 1. The van der Waals surface area contributed by atoms with E-state index in [4.69, 9.17) is 5.73 Å². The Labute approximate surface area is 142 Å². The van der Waals surface area contributed by atoms with Gasteiger partial charge in [-0.3, -0.25) is 19.9 Å². The van der Waals surface area contributed by atoms with E-state index in [-0.39, 0.29) is 5.91 Å². The summed E-state index contributed by atoms with van der Waals surface area (Å²) in [4.78, 5) is 20.6. The third kappa shape index (κ3) is 2.90. The van der Waals surface area contributed by atoms with Gasteiger partial charge in [0.15, 0.2) is 5.69 Å². The summed E-state index contributed by atoms with van der Waals surface area (Å²) in [7, 11) is 0. The Morgan fingerprint density at radius 3 is 2.64 bits per heavy atom. The number of nitrogens with zero attached hydrogens (tertiary/aromatic N) is 3. The molecule has 0 aliphatic heterocycles. The molecule has 1 amide bonds. The number of nitrogens with one attached hydrogen (secondary N) is 2. The Morgan fingerprint density at radius 1 is 1.00 bits per heavy atom. The lowest BCUT2D eigenvalue weighted by Crippen LogP contribution is -2.12. The summed E-state index contributed by atoms with van der Waals surface area (Å²) in [6, 6.07) is 11.0. The maximum absolute atomic E-state index is 12.5. The zero-order valence-corrected chi connectivity index (χ0v) is 13.1. The molecule has 1 aromatic carbocycles. The SMILES string of the molecule is Nc1cncc(-c2ccc3[nH]nc(C(=O)Nc4ccncc4)c3c2)c1. The first-order valence-electron chi connectivity index (χ1n) is 7.61. The van der Waals surface area contributed by atoms with Crippen LogP contribution in [0.1, 0.15) is 10.5 Å². The molecule has 0 spiro atoms. The van der Waals surface area contributed by atoms with Gasteiger partial charge in [0.05, 0.1) is 11.2 Å².